The van der Waals surface area contributed by atoms with Crippen LogP contribution in [-0.2, 0) is 11.3 Å². The summed E-state index contributed by atoms with van der Waals surface area (Å²) in [5.41, 5.74) is 7.86. The predicted molar refractivity (Wildman–Crippen MR) is 67.2 cm³/mol. The average Bonchev–Trinajstić information content (AvgIpc) is 2.25. The number of halogens is 1. The number of hydrogen-bond acceptors (Lipinski definition) is 3. The number of likely N-dealkylation sites (N-methyl/N-ethyl adjacent to an activating group) is 1. The monoisotopic (exact) mass is 272 g/mol. The highest BCUT2D eigenvalue weighted by atomic mass is 79.9. The molecule has 1 rings (SSSR count). The topological polar surface area (TPSA) is 38.5 Å². The molecule has 4 heteroatoms. The number of anilines is 1. The molecule has 0 saturated carbocycles. The summed E-state index contributed by atoms with van der Waals surface area (Å²) in [5, 5.41) is 0. The molecule has 0 radical (unpaired) electrons. The molecule has 0 amide bonds. The maximum Gasteiger partial charge on any atom is 0.0637 e. The lowest BCUT2D eigenvalue weighted by atomic mass is 10.2. The Morgan fingerprint density at radius 1 is 1.47 bits per heavy atom. The van der Waals surface area contributed by atoms with Crippen molar-refractivity contribution in [3.63, 3.8) is 0 Å². The molecule has 0 atom stereocenters. The zero-order valence-electron chi connectivity index (χ0n) is 9.16. The van der Waals surface area contributed by atoms with Crippen LogP contribution in [0.3, 0.4) is 0 Å². The number of hydrogen-bond donors (Lipinski definition) is 1. The second-order valence-electron chi connectivity index (χ2n) is 3.40. The molecule has 0 saturated heterocycles. The van der Waals surface area contributed by atoms with Crippen LogP contribution in [0.15, 0.2) is 22.7 Å². The van der Waals surface area contributed by atoms with Gasteiger partial charge in [0.25, 0.3) is 0 Å². The summed E-state index contributed by atoms with van der Waals surface area (Å²) >= 11 is 3.54. The fourth-order valence-electron chi connectivity index (χ4n) is 1.34. The van der Waals surface area contributed by atoms with Gasteiger partial charge in [-0.2, -0.15) is 0 Å². The van der Waals surface area contributed by atoms with Crippen LogP contribution in [0, 0.1) is 0 Å². The first-order valence-corrected chi connectivity index (χ1v) is 5.67. The number of ether oxygens (including phenoxy) is 1. The van der Waals surface area contributed by atoms with Crippen LogP contribution < -0.4 is 10.6 Å². The van der Waals surface area contributed by atoms with Gasteiger partial charge in [-0.25, -0.2) is 0 Å². The molecule has 0 aliphatic rings. The lowest BCUT2D eigenvalue weighted by molar-refractivity contribution is 0.206. The first-order chi connectivity index (χ1) is 7.19. The second kappa shape index (κ2) is 6.10. The third kappa shape index (κ3) is 3.48. The summed E-state index contributed by atoms with van der Waals surface area (Å²) in [6.07, 6.45) is 0. The third-order valence-corrected chi connectivity index (χ3v) is 2.93. The molecule has 0 aliphatic heterocycles. The van der Waals surface area contributed by atoms with E-state index < -0.39 is 0 Å². The van der Waals surface area contributed by atoms with Crippen molar-refractivity contribution in [2.75, 3.05) is 32.2 Å². The molecule has 1 aromatic carbocycles. The fourth-order valence-corrected chi connectivity index (χ4v) is 2.06. The Bertz CT molecular complexity index is 317. The van der Waals surface area contributed by atoms with Gasteiger partial charge in [0.2, 0.25) is 0 Å². The van der Waals surface area contributed by atoms with E-state index in [0.717, 1.165) is 28.9 Å². The summed E-state index contributed by atoms with van der Waals surface area (Å²) in [7, 11) is 3.75. The van der Waals surface area contributed by atoms with Crippen LogP contribution >= 0.6 is 15.9 Å². The minimum absolute atomic E-state index is 0.570. The molecule has 15 heavy (non-hydrogen) atoms. The van der Waals surface area contributed by atoms with Gasteiger partial charge in [-0.15, -0.1) is 0 Å². The van der Waals surface area contributed by atoms with Gasteiger partial charge in [-0.1, -0.05) is 6.07 Å². The Balaban J connectivity index is 2.76. The van der Waals surface area contributed by atoms with Crippen molar-refractivity contribution >= 4 is 21.6 Å². The Kier molecular flexibility index (Phi) is 5.08. The van der Waals surface area contributed by atoms with Crippen molar-refractivity contribution in [2.45, 2.75) is 6.54 Å². The minimum Gasteiger partial charge on any atom is -0.383 e. The quantitative estimate of drug-likeness (QED) is 0.891. The summed E-state index contributed by atoms with van der Waals surface area (Å²) in [6.45, 7) is 2.17. The summed E-state index contributed by atoms with van der Waals surface area (Å²) in [4.78, 5) is 2.15. The van der Waals surface area contributed by atoms with Crippen molar-refractivity contribution in [3.8, 4) is 0 Å². The van der Waals surface area contributed by atoms with E-state index in [4.69, 9.17) is 10.5 Å². The maximum absolute atomic E-state index is 5.57. The van der Waals surface area contributed by atoms with Gasteiger partial charge >= 0.3 is 0 Å². The van der Waals surface area contributed by atoms with Gasteiger partial charge in [-0.3, -0.25) is 0 Å². The molecule has 0 spiro atoms. The Morgan fingerprint density at radius 3 is 2.73 bits per heavy atom. The van der Waals surface area contributed by atoms with Crippen LogP contribution in [-0.4, -0.2) is 27.3 Å². The zero-order chi connectivity index (χ0) is 11.3. The van der Waals surface area contributed by atoms with Gasteiger partial charge in [-0.05, 0) is 33.6 Å². The van der Waals surface area contributed by atoms with Crippen molar-refractivity contribution in [3.05, 3.63) is 28.2 Å². The molecule has 0 fully saturated rings. The average molecular weight is 273 g/mol. The highest BCUT2D eigenvalue weighted by Crippen LogP contribution is 2.26. The lowest BCUT2D eigenvalue weighted by Crippen LogP contribution is -2.22. The summed E-state index contributed by atoms with van der Waals surface area (Å²) < 4.78 is 6.11. The van der Waals surface area contributed by atoms with Gasteiger partial charge < -0.3 is 15.4 Å². The van der Waals surface area contributed by atoms with Crippen LogP contribution in [0.1, 0.15) is 5.56 Å². The number of nitrogens with zero attached hydrogens (tertiary/aromatic N) is 1. The molecule has 0 aliphatic carbocycles. The number of rotatable bonds is 5. The maximum atomic E-state index is 5.57. The molecule has 84 valence electrons. The molecule has 3 nitrogen and oxygen atoms in total. The first-order valence-electron chi connectivity index (χ1n) is 4.87. The number of methoxy groups -OCH3 is 1. The van der Waals surface area contributed by atoms with Gasteiger partial charge in [0.05, 0.1) is 12.3 Å². The van der Waals surface area contributed by atoms with E-state index in [1.807, 2.05) is 13.1 Å². The van der Waals surface area contributed by atoms with Crippen molar-refractivity contribution in [1.82, 2.24) is 0 Å². The normalized spacial score (nSPS) is 10.4. The summed E-state index contributed by atoms with van der Waals surface area (Å²) in [5.74, 6) is 0. The molecule has 0 aromatic heterocycles. The third-order valence-electron chi connectivity index (χ3n) is 2.29. The standard InChI is InChI=1S/C11H17BrN2O/c1-14(5-6-15-2)11-4-3-9(8-13)7-10(11)12/h3-4,7H,5-6,8,13H2,1-2H3. The summed E-state index contributed by atoms with van der Waals surface area (Å²) in [6, 6.07) is 6.17. The Morgan fingerprint density at radius 2 is 2.20 bits per heavy atom. The molecule has 0 bridgehead atoms. The fraction of sp³-hybridized carbons (Fsp3) is 0.455. The zero-order valence-corrected chi connectivity index (χ0v) is 10.8. The minimum atomic E-state index is 0.570. The van der Waals surface area contributed by atoms with E-state index in [2.05, 4.69) is 33.0 Å². The van der Waals surface area contributed by atoms with Crippen molar-refractivity contribution < 1.29 is 4.74 Å². The Labute approximate surface area is 99.3 Å². The molecule has 0 heterocycles. The lowest BCUT2D eigenvalue weighted by Gasteiger charge is -2.20. The van der Waals surface area contributed by atoms with Gasteiger partial charge in [0.1, 0.15) is 0 Å². The van der Waals surface area contributed by atoms with Crippen LogP contribution in [0.25, 0.3) is 0 Å². The SMILES string of the molecule is COCCN(C)c1ccc(CN)cc1Br. The first kappa shape index (κ1) is 12.5. The highest BCUT2D eigenvalue weighted by Gasteiger charge is 2.05. The van der Waals surface area contributed by atoms with Crippen LogP contribution in [0.4, 0.5) is 5.69 Å². The van der Waals surface area contributed by atoms with E-state index >= 15 is 0 Å². The van der Waals surface area contributed by atoms with E-state index in [0.29, 0.717) is 6.54 Å². The van der Waals surface area contributed by atoms with Crippen LogP contribution in [0.2, 0.25) is 0 Å². The molecular weight excluding hydrogens is 256 g/mol. The largest absolute Gasteiger partial charge is 0.383 e. The van der Waals surface area contributed by atoms with Gasteiger partial charge in [0, 0.05) is 31.7 Å². The van der Waals surface area contributed by atoms with E-state index in [1.54, 1.807) is 7.11 Å². The molecule has 2 N–H and O–H groups in total. The van der Waals surface area contributed by atoms with Gasteiger partial charge in [0.15, 0.2) is 0 Å². The second-order valence-corrected chi connectivity index (χ2v) is 4.26. The smallest absolute Gasteiger partial charge is 0.0637 e. The van der Waals surface area contributed by atoms with Crippen LogP contribution in [0.5, 0.6) is 0 Å². The molecule has 0 unspecified atom stereocenters. The van der Waals surface area contributed by atoms with E-state index in [9.17, 15) is 0 Å². The van der Waals surface area contributed by atoms with E-state index in [-0.39, 0.29) is 0 Å². The Hall–Kier alpha value is -0.580. The number of benzene rings is 1. The molecular formula is C11H17BrN2O. The van der Waals surface area contributed by atoms with Crippen molar-refractivity contribution in [2.24, 2.45) is 5.73 Å². The van der Waals surface area contributed by atoms with Crippen molar-refractivity contribution in [1.29, 1.82) is 0 Å². The molecule has 1 aromatic rings. The number of nitrogens with two attached hydrogens (primary N) is 1. The highest BCUT2D eigenvalue weighted by molar-refractivity contribution is 9.10. The predicted octanol–water partition coefficient (Wildman–Crippen LogP) is 1.99. The van der Waals surface area contributed by atoms with E-state index in [1.165, 1.54) is 0 Å².